The molecule has 1 aromatic carbocycles. The first kappa shape index (κ1) is 16.8. The fraction of sp³-hybridized carbons (Fsp3) is 0.263. The standard InChI is InChI=1S/C19H20N4O2/c24-17(21-14-6-9-15-7-2-1-3-8-15)11-12-18-22-23-19(25-18)16-10-4-5-13-20-16/h1-5,7-8,10,13H,6,9,11-12,14H2,(H,21,24). The van der Waals surface area contributed by atoms with Crippen LogP contribution in [0.2, 0.25) is 0 Å². The lowest BCUT2D eigenvalue weighted by molar-refractivity contribution is -0.121. The lowest BCUT2D eigenvalue weighted by Crippen LogP contribution is -2.25. The molecule has 1 amide bonds. The van der Waals surface area contributed by atoms with Crippen LogP contribution < -0.4 is 5.32 Å². The third kappa shape index (κ3) is 5.24. The van der Waals surface area contributed by atoms with Gasteiger partial charge < -0.3 is 9.73 Å². The Morgan fingerprint density at radius 1 is 1.00 bits per heavy atom. The van der Waals surface area contributed by atoms with Crippen molar-refractivity contribution in [2.75, 3.05) is 6.54 Å². The lowest BCUT2D eigenvalue weighted by atomic mass is 10.1. The van der Waals surface area contributed by atoms with Gasteiger partial charge >= 0.3 is 0 Å². The fourth-order valence-electron chi connectivity index (χ4n) is 2.42. The van der Waals surface area contributed by atoms with Crippen LogP contribution in [0.3, 0.4) is 0 Å². The minimum absolute atomic E-state index is 0.00866. The van der Waals surface area contributed by atoms with Crippen LogP contribution >= 0.6 is 0 Å². The molecule has 2 heterocycles. The molecule has 0 aliphatic carbocycles. The Morgan fingerprint density at radius 2 is 1.84 bits per heavy atom. The van der Waals surface area contributed by atoms with E-state index in [1.165, 1.54) is 5.56 Å². The number of pyridine rings is 1. The molecule has 128 valence electrons. The summed E-state index contributed by atoms with van der Waals surface area (Å²) in [4.78, 5) is 16.0. The molecule has 1 N–H and O–H groups in total. The fourth-order valence-corrected chi connectivity index (χ4v) is 2.42. The predicted octanol–water partition coefficient (Wildman–Crippen LogP) is 2.81. The SMILES string of the molecule is O=C(CCc1nnc(-c2ccccn2)o1)NCCCc1ccccc1. The van der Waals surface area contributed by atoms with Crippen LogP contribution in [0.5, 0.6) is 0 Å². The number of nitrogens with zero attached hydrogens (tertiary/aromatic N) is 3. The first-order valence-electron chi connectivity index (χ1n) is 8.35. The topological polar surface area (TPSA) is 80.9 Å². The molecule has 6 nitrogen and oxygen atoms in total. The minimum Gasteiger partial charge on any atom is -0.419 e. The van der Waals surface area contributed by atoms with Gasteiger partial charge in [-0.15, -0.1) is 10.2 Å². The van der Waals surface area contributed by atoms with Crippen LogP contribution in [0, 0.1) is 0 Å². The van der Waals surface area contributed by atoms with Gasteiger partial charge in [0.2, 0.25) is 11.8 Å². The Bertz CT molecular complexity index is 787. The Kier molecular flexibility index (Phi) is 5.87. The highest BCUT2D eigenvalue weighted by atomic mass is 16.4. The summed E-state index contributed by atoms with van der Waals surface area (Å²) in [5.41, 5.74) is 1.91. The van der Waals surface area contributed by atoms with E-state index in [9.17, 15) is 4.79 Å². The van der Waals surface area contributed by atoms with Crippen LogP contribution in [0.4, 0.5) is 0 Å². The van der Waals surface area contributed by atoms with E-state index >= 15 is 0 Å². The van der Waals surface area contributed by atoms with E-state index < -0.39 is 0 Å². The molecule has 0 fully saturated rings. The van der Waals surface area contributed by atoms with Gasteiger partial charge in [-0.05, 0) is 30.5 Å². The van der Waals surface area contributed by atoms with Crippen LogP contribution in [-0.4, -0.2) is 27.6 Å². The van der Waals surface area contributed by atoms with Gasteiger partial charge in [-0.2, -0.15) is 0 Å². The van der Waals surface area contributed by atoms with E-state index in [4.69, 9.17) is 4.42 Å². The lowest BCUT2D eigenvalue weighted by Gasteiger charge is -2.04. The number of amides is 1. The largest absolute Gasteiger partial charge is 0.419 e. The van der Waals surface area contributed by atoms with Gasteiger partial charge in [0.1, 0.15) is 5.69 Å². The molecular weight excluding hydrogens is 316 g/mol. The van der Waals surface area contributed by atoms with E-state index in [1.807, 2.05) is 30.3 Å². The summed E-state index contributed by atoms with van der Waals surface area (Å²) in [6, 6.07) is 15.7. The number of hydrogen-bond donors (Lipinski definition) is 1. The zero-order valence-corrected chi connectivity index (χ0v) is 13.9. The number of hydrogen-bond acceptors (Lipinski definition) is 5. The summed E-state index contributed by atoms with van der Waals surface area (Å²) < 4.78 is 5.54. The Morgan fingerprint density at radius 3 is 2.64 bits per heavy atom. The quantitative estimate of drug-likeness (QED) is 0.640. The summed E-state index contributed by atoms with van der Waals surface area (Å²) in [5.74, 6) is 0.810. The van der Waals surface area contributed by atoms with Gasteiger partial charge in [-0.1, -0.05) is 36.4 Å². The maximum Gasteiger partial charge on any atom is 0.266 e. The summed E-state index contributed by atoms with van der Waals surface area (Å²) in [7, 11) is 0. The molecule has 2 aromatic heterocycles. The minimum atomic E-state index is -0.00866. The highest BCUT2D eigenvalue weighted by molar-refractivity contribution is 5.75. The number of aryl methyl sites for hydroxylation is 2. The maximum atomic E-state index is 11.9. The van der Waals surface area contributed by atoms with Crippen LogP contribution in [0.25, 0.3) is 11.6 Å². The van der Waals surface area contributed by atoms with Crippen LogP contribution in [0.1, 0.15) is 24.3 Å². The van der Waals surface area contributed by atoms with E-state index in [1.54, 1.807) is 12.3 Å². The van der Waals surface area contributed by atoms with Crippen molar-refractivity contribution in [1.82, 2.24) is 20.5 Å². The molecule has 3 aromatic rings. The van der Waals surface area contributed by atoms with E-state index in [-0.39, 0.29) is 5.91 Å². The average molecular weight is 336 g/mol. The summed E-state index contributed by atoms with van der Waals surface area (Å²) in [6.07, 6.45) is 4.29. The second kappa shape index (κ2) is 8.73. The summed E-state index contributed by atoms with van der Waals surface area (Å²) in [6.45, 7) is 0.663. The number of aromatic nitrogens is 3. The van der Waals surface area contributed by atoms with Crippen molar-refractivity contribution in [2.45, 2.75) is 25.7 Å². The molecule has 0 aliphatic heterocycles. The first-order valence-corrected chi connectivity index (χ1v) is 8.35. The highest BCUT2D eigenvalue weighted by Gasteiger charge is 2.10. The average Bonchev–Trinajstić information content (AvgIpc) is 3.14. The first-order chi connectivity index (χ1) is 12.3. The molecule has 0 bridgehead atoms. The molecule has 0 saturated carbocycles. The van der Waals surface area contributed by atoms with Gasteiger partial charge in [0, 0.05) is 25.6 Å². The number of rotatable bonds is 8. The zero-order valence-electron chi connectivity index (χ0n) is 13.9. The van der Waals surface area contributed by atoms with Gasteiger partial charge in [0.15, 0.2) is 0 Å². The van der Waals surface area contributed by atoms with Crippen molar-refractivity contribution < 1.29 is 9.21 Å². The molecule has 0 aliphatic rings. The van der Waals surface area contributed by atoms with Crippen molar-refractivity contribution in [1.29, 1.82) is 0 Å². The van der Waals surface area contributed by atoms with Crippen molar-refractivity contribution >= 4 is 5.91 Å². The summed E-state index contributed by atoms with van der Waals surface area (Å²) in [5, 5.41) is 10.8. The molecular formula is C19H20N4O2. The Hall–Kier alpha value is -3.02. The van der Waals surface area contributed by atoms with Crippen molar-refractivity contribution in [3.05, 3.63) is 66.2 Å². The molecule has 0 unspecified atom stereocenters. The van der Waals surface area contributed by atoms with E-state index in [0.29, 0.717) is 36.9 Å². The summed E-state index contributed by atoms with van der Waals surface area (Å²) >= 11 is 0. The molecule has 0 radical (unpaired) electrons. The molecule has 25 heavy (non-hydrogen) atoms. The van der Waals surface area contributed by atoms with Crippen LogP contribution in [0.15, 0.2) is 59.1 Å². The third-order valence-corrected chi connectivity index (χ3v) is 3.72. The number of carbonyl (C=O) groups excluding carboxylic acids is 1. The maximum absolute atomic E-state index is 11.9. The van der Waals surface area contributed by atoms with Gasteiger partial charge in [0.05, 0.1) is 0 Å². The van der Waals surface area contributed by atoms with Gasteiger partial charge in [0.25, 0.3) is 5.89 Å². The normalized spacial score (nSPS) is 10.6. The number of nitrogens with one attached hydrogen (secondary N) is 1. The Balaban J connectivity index is 1.37. The van der Waals surface area contributed by atoms with Crippen LogP contribution in [-0.2, 0) is 17.6 Å². The molecule has 3 rings (SSSR count). The monoisotopic (exact) mass is 336 g/mol. The highest BCUT2D eigenvalue weighted by Crippen LogP contribution is 2.14. The van der Waals surface area contributed by atoms with Crippen molar-refractivity contribution in [3.8, 4) is 11.6 Å². The third-order valence-electron chi connectivity index (χ3n) is 3.72. The van der Waals surface area contributed by atoms with Gasteiger partial charge in [-0.25, -0.2) is 0 Å². The van der Waals surface area contributed by atoms with Gasteiger partial charge in [-0.3, -0.25) is 9.78 Å². The predicted molar refractivity (Wildman–Crippen MR) is 93.6 cm³/mol. The molecule has 0 saturated heterocycles. The smallest absolute Gasteiger partial charge is 0.266 e. The molecule has 0 atom stereocenters. The molecule has 0 spiro atoms. The van der Waals surface area contributed by atoms with E-state index in [0.717, 1.165) is 12.8 Å². The van der Waals surface area contributed by atoms with Crippen molar-refractivity contribution in [3.63, 3.8) is 0 Å². The number of benzene rings is 1. The molecule has 6 heteroatoms. The van der Waals surface area contributed by atoms with Crippen molar-refractivity contribution in [2.24, 2.45) is 0 Å². The second-order valence-corrected chi connectivity index (χ2v) is 5.66. The zero-order chi connectivity index (χ0) is 17.3. The second-order valence-electron chi connectivity index (χ2n) is 5.66. The van der Waals surface area contributed by atoms with E-state index in [2.05, 4.69) is 32.6 Å². The Labute approximate surface area is 146 Å². The number of carbonyl (C=O) groups is 1.